The summed E-state index contributed by atoms with van der Waals surface area (Å²) < 4.78 is 0. The van der Waals surface area contributed by atoms with Crippen LogP contribution in [0.2, 0.25) is 0 Å². The molecule has 0 fully saturated rings. The minimum atomic E-state index is 0.399. The van der Waals surface area contributed by atoms with Crippen LogP contribution < -0.4 is 5.73 Å². The van der Waals surface area contributed by atoms with Crippen LogP contribution in [0.15, 0.2) is 24.3 Å². The first-order valence-corrected chi connectivity index (χ1v) is 2.98. The van der Waals surface area contributed by atoms with Crippen LogP contribution >= 0.6 is 12.2 Å². The van der Waals surface area contributed by atoms with Crippen LogP contribution in [0.1, 0.15) is 5.56 Å². The fraction of sp³-hybridized carbons (Fsp3) is 0. The molecule has 0 saturated carbocycles. The molecule has 9 heavy (non-hydrogen) atoms. The number of nitrogens with two attached hydrogens (primary N) is 1. The van der Waals surface area contributed by atoms with E-state index in [0.717, 1.165) is 5.56 Å². The normalized spacial score (nSPS) is 8.89. The molecule has 0 aliphatic heterocycles. The third kappa shape index (κ3) is 1.50. The molecular formula is C7H6NS. The first-order valence-electron chi connectivity index (χ1n) is 2.57. The first-order chi connectivity index (χ1) is 4.30. The Labute approximate surface area is 59.5 Å². The Morgan fingerprint density at radius 2 is 2.33 bits per heavy atom. The number of rotatable bonds is 1. The van der Waals surface area contributed by atoms with E-state index < -0.39 is 0 Å². The molecule has 0 aliphatic rings. The summed E-state index contributed by atoms with van der Waals surface area (Å²) in [6, 6.07) is 10.3. The Bertz CT molecular complexity index is 205. The smallest absolute Gasteiger partial charge is 0.104 e. The predicted octanol–water partition coefficient (Wildman–Crippen LogP) is 1.12. The van der Waals surface area contributed by atoms with Crippen molar-refractivity contribution in [2.45, 2.75) is 0 Å². The van der Waals surface area contributed by atoms with Gasteiger partial charge >= 0.3 is 0 Å². The molecule has 2 N–H and O–H groups in total. The molecule has 2 heteroatoms. The second-order valence-electron chi connectivity index (χ2n) is 1.64. The molecule has 0 atom stereocenters. The molecule has 0 heterocycles. The number of hydrogen-bond donors (Lipinski definition) is 1. The molecule has 1 nitrogen and oxygen atoms in total. The molecule has 0 unspecified atom stereocenters. The lowest BCUT2D eigenvalue weighted by molar-refractivity contribution is 1.61. The average molecular weight is 136 g/mol. The van der Waals surface area contributed by atoms with Gasteiger partial charge in [-0.1, -0.05) is 36.5 Å². The SMILES string of the molecule is NC(=S)c1[c]cccc1. The van der Waals surface area contributed by atoms with Crippen molar-refractivity contribution in [2.75, 3.05) is 0 Å². The molecule has 0 bridgehead atoms. The molecule has 1 aromatic carbocycles. The molecule has 0 spiro atoms. The van der Waals surface area contributed by atoms with E-state index in [1.807, 2.05) is 18.2 Å². The van der Waals surface area contributed by atoms with E-state index >= 15 is 0 Å². The van der Waals surface area contributed by atoms with Gasteiger partial charge in [-0.05, 0) is 6.07 Å². The van der Waals surface area contributed by atoms with Gasteiger partial charge in [0.1, 0.15) is 4.99 Å². The van der Waals surface area contributed by atoms with Crippen molar-refractivity contribution in [1.82, 2.24) is 0 Å². The van der Waals surface area contributed by atoms with E-state index in [0.29, 0.717) is 4.99 Å². The van der Waals surface area contributed by atoms with Gasteiger partial charge in [0, 0.05) is 5.56 Å². The maximum atomic E-state index is 5.31. The maximum Gasteiger partial charge on any atom is 0.104 e. The Hall–Kier alpha value is -0.890. The third-order valence-electron chi connectivity index (χ3n) is 0.975. The topological polar surface area (TPSA) is 26.0 Å². The van der Waals surface area contributed by atoms with Crippen LogP contribution in [-0.4, -0.2) is 4.99 Å². The zero-order valence-electron chi connectivity index (χ0n) is 4.79. The molecule has 1 rings (SSSR count). The summed E-state index contributed by atoms with van der Waals surface area (Å²) in [7, 11) is 0. The summed E-state index contributed by atoms with van der Waals surface area (Å²) in [5.74, 6) is 0. The van der Waals surface area contributed by atoms with Gasteiger partial charge in [0.25, 0.3) is 0 Å². The van der Waals surface area contributed by atoms with E-state index in [2.05, 4.69) is 6.07 Å². The largest absolute Gasteiger partial charge is 0.389 e. The van der Waals surface area contributed by atoms with E-state index in [1.165, 1.54) is 0 Å². The van der Waals surface area contributed by atoms with Crippen LogP contribution in [0.3, 0.4) is 0 Å². The fourth-order valence-corrected chi connectivity index (χ4v) is 0.674. The average Bonchev–Trinajstić information content (AvgIpc) is 1.90. The summed E-state index contributed by atoms with van der Waals surface area (Å²) in [4.78, 5) is 0.399. The molecule has 0 saturated heterocycles. The minimum absolute atomic E-state index is 0.399. The van der Waals surface area contributed by atoms with Crippen molar-refractivity contribution < 1.29 is 0 Å². The van der Waals surface area contributed by atoms with Gasteiger partial charge in [0.05, 0.1) is 0 Å². The van der Waals surface area contributed by atoms with Gasteiger partial charge < -0.3 is 5.73 Å². The zero-order chi connectivity index (χ0) is 6.69. The second kappa shape index (κ2) is 2.60. The summed E-state index contributed by atoms with van der Waals surface area (Å²) in [5.41, 5.74) is 6.11. The number of benzene rings is 1. The lowest BCUT2D eigenvalue weighted by Crippen LogP contribution is -2.08. The highest BCUT2D eigenvalue weighted by Crippen LogP contribution is 1.95. The lowest BCUT2D eigenvalue weighted by Gasteiger charge is -1.92. The highest BCUT2D eigenvalue weighted by Gasteiger charge is 1.89. The van der Waals surface area contributed by atoms with Gasteiger partial charge in [0.15, 0.2) is 0 Å². The minimum Gasteiger partial charge on any atom is -0.389 e. The van der Waals surface area contributed by atoms with Crippen LogP contribution in [-0.2, 0) is 0 Å². The Morgan fingerprint density at radius 3 is 2.67 bits per heavy atom. The molecule has 0 amide bonds. The quantitative estimate of drug-likeness (QED) is 0.585. The summed E-state index contributed by atoms with van der Waals surface area (Å²) >= 11 is 4.71. The summed E-state index contributed by atoms with van der Waals surface area (Å²) in [5, 5.41) is 0. The molecule has 1 radical (unpaired) electrons. The van der Waals surface area contributed by atoms with Crippen LogP contribution in [0.5, 0.6) is 0 Å². The molecule has 0 aliphatic carbocycles. The highest BCUT2D eigenvalue weighted by atomic mass is 32.1. The van der Waals surface area contributed by atoms with Gasteiger partial charge in [-0.15, -0.1) is 0 Å². The second-order valence-corrected chi connectivity index (χ2v) is 2.08. The standard InChI is InChI=1S/C7H6NS/c8-7(9)6-4-2-1-3-5-6/h1-4H,(H2,8,9). The van der Waals surface area contributed by atoms with Crippen molar-refractivity contribution in [3.8, 4) is 0 Å². The van der Waals surface area contributed by atoms with Gasteiger partial charge in [0.2, 0.25) is 0 Å². The Kier molecular flexibility index (Phi) is 1.80. The lowest BCUT2D eigenvalue weighted by atomic mass is 10.2. The van der Waals surface area contributed by atoms with Gasteiger partial charge in [-0.2, -0.15) is 0 Å². The molecular weight excluding hydrogens is 130 g/mol. The predicted molar refractivity (Wildman–Crippen MR) is 41.2 cm³/mol. The van der Waals surface area contributed by atoms with Gasteiger partial charge in [-0.25, -0.2) is 0 Å². The Balaban J connectivity index is 2.98. The fourth-order valence-electron chi connectivity index (χ4n) is 0.547. The van der Waals surface area contributed by atoms with Crippen molar-refractivity contribution >= 4 is 17.2 Å². The van der Waals surface area contributed by atoms with Gasteiger partial charge in [-0.3, -0.25) is 0 Å². The molecule has 0 aromatic heterocycles. The summed E-state index contributed by atoms with van der Waals surface area (Å²) in [6.45, 7) is 0. The van der Waals surface area contributed by atoms with Crippen LogP contribution in [0.4, 0.5) is 0 Å². The van der Waals surface area contributed by atoms with Crippen molar-refractivity contribution in [3.63, 3.8) is 0 Å². The van der Waals surface area contributed by atoms with Crippen molar-refractivity contribution in [1.29, 1.82) is 0 Å². The van der Waals surface area contributed by atoms with Crippen molar-refractivity contribution in [2.24, 2.45) is 5.73 Å². The maximum absolute atomic E-state index is 5.31. The Morgan fingerprint density at radius 1 is 1.56 bits per heavy atom. The van der Waals surface area contributed by atoms with E-state index in [4.69, 9.17) is 18.0 Å². The zero-order valence-corrected chi connectivity index (χ0v) is 5.61. The summed E-state index contributed by atoms with van der Waals surface area (Å²) in [6.07, 6.45) is 0. The highest BCUT2D eigenvalue weighted by molar-refractivity contribution is 7.80. The van der Waals surface area contributed by atoms with E-state index in [-0.39, 0.29) is 0 Å². The number of thiocarbonyl (C=S) groups is 1. The van der Waals surface area contributed by atoms with Crippen LogP contribution in [0, 0.1) is 6.07 Å². The molecule has 1 aromatic rings. The molecule has 45 valence electrons. The first kappa shape index (κ1) is 6.23. The monoisotopic (exact) mass is 136 g/mol. The van der Waals surface area contributed by atoms with Crippen molar-refractivity contribution in [3.05, 3.63) is 35.9 Å². The van der Waals surface area contributed by atoms with E-state index in [9.17, 15) is 0 Å². The van der Waals surface area contributed by atoms with Crippen LogP contribution in [0.25, 0.3) is 0 Å². The number of hydrogen-bond acceptors (Lipinski definition) is 1. The third-order valence-corrected chi connectivity index (χ3v) is 1.19. The van der Waals surface area contributed by atoms with E-state index in [1.54, 1.807) is 6.07 Å².